The number of nitriles is 1. The monoisotopic (exact) mass is 254 g/mol. The number of nitrogens with one attached hydrogen (secondary N) is 1. The van der Waals surface area contributed by atoms with Crippen molar-refractivity contribution in [3.05, 3.63) is 63.8 Å². The number of nitrogens with zero attached hydrogens (tertiary/aromatic N) is 3. The molecule has 1 aromatic heterocycles. The first-order valence-electron chi connectivity index (χ1n) is 5.53. The molecule has 0 saturated carbocycles. The lowest BCUT2D eigenvalue weighted by Crippen LogP contribution is -2.04. The van der Waals surface area contributed by atoms with Gasteiger partial charge in [-0.25, -0.2) is 4.98 Å². The lowest BCUT2D eigenvalue weighted by Gasteiger charge is -2.05. The van der Waals surface area contributed by atoms with Crippen LogP contribution in [0.2, 0.25) is 0 Å². The number of benzene rings is 1. The van der Waals surface area contributed by atoms with Gasteiger partial charge in [-0.3, -0.25) is 10.1 Å². The van der Waals surface area contributed by atoms with Crippen LogP contribution in [0.1, 0.15) is 11.1 Å². The van der Waals surface area contributed by atoms with Gasteiger partial charge >= 0.3 is 5.69 Å². The van der Waals surface area contributed by atoms with Gasteiger partial charge in [-0.05, 0) is 23.8 Å². The molecule has 0 unspecified atom stereocenters. The minimum Gasteiger partial charge on any atom is -0.360 e. The summed E-state index contributed by atoms with van der Waals surface area (Å²) in [4.78, 5) is 14.3. The summed E-state index contributed by atoms with van der Waals surface area (Å²) < 4.78 is 0. The van der Waals surface area contributed by atoms with Crippen LogP contribution in [-0.2, 0) is 6.54 Å². The highest BCUT2D eigenvalue weighted by molar-refractivity contribution is 5.55. The largest absolute Gasteiger partial charge is 0.360 e. The molecule has 0 bridgehead atoms. The van der Waals surface area contributed by atoms with Crippen molar-refractivity contribution in [2.75, 3.05) is 5.32 Å². The van der Waals surface area contributed by atoms with Crippen molar-refractivity contribution in [1.82, 2.24) is 4.98 Å². The van der Waals surface area contributed by atoms with Crippen LogP contribution in [0.25, 0.3) is 0 Å². The van der Waals surface area contributed by atoms with E-state index in [1.165, 1.54) is 18.3 Å². The van der Waals surface area contributed by atoms with Crippen LogP contribution in [-0.4, -0.2) is 9.91 Å². The Labute approximate surface area is 109 Å². The van der Waals surface area contributed by atoms with E-state index in [2.05, 4.69) is 10.3 Å². The van der Waals surface area contributed by atoms with Crippen LogP contribution in [0.5, 0.6) is 0 Å². The summed E-state index contributed by atoms with van der Waals surface area (Å²) >= 11 is 0. The Morgan fingerprint density at radius 3 is 2.68 bits per heavy atom. The number of rotatable bonds is 4. The Bertz CT molecular complexity index is 632. The van der Waals surface area contributed by atoms with Gasteiger partial charge in [0.15, 0.2) is 0 Å². The molecule has 2 aromatic rings. The van der Waals surface area contributed by atoms with Crippen LogP contribution in [0.15, 0.2) is 42.6 Å². The zero-order chi connectivity index (χ0) is 13.7. The molecule has 0 aliphatic heterocycles. The number of hydrogen-bond donors (Lipinski definition) is 1. The maximum atomic E-state index is 10.8. The van der Waals surface area contributed by atoms with Crippen LogP contribution in [0, 0.1) is 21.4 Å². The van der Waals surface area contributed by atoms with E-state index in [-0.39, 0.29) is 11.5 Å². The maximum Gasteiger partial charge on any atom is 0.311 e. The fourth-order valence-corrected chi connectivity index (χ4v) is 1.56. The number of anilines is 1. The minimum absolute atomic E-state index is 0.0591. The summed E-state index contributed by atoms with van der Waals surface area (Å²) in [6.07, 6.45) is 1.49. The minimum atomic E-state index is -0.478. The smallest absolute Gasteiger partial charge is 0.311 e. The third-order valence-corrected chi connectivity index (χ3v) is 2.53. The molecule has 0 aliphatic carbocycles. The molecule has 0 radical (unpaired) electrons. The molecule has 1 aromatic carbocycles. The number of nitro groups is 1. The van der Waals surface area contributed by atoms with Crippen molar-refractivity contribution in [3.63, 3.8) is 0 Å². The average Bonchev–Trinajstić information content (AvgIpc) is 2.46. The second kappa shape index (κ2) is 5.60. The van der Waals surface area contributed by atoms with E-state index in [9.17, 15) is 10.1 Å². The predicted octanol–water partition coefficient (Wildman–Crippen LogP) is 2.47. The summed E-state index contributed by atoms with van der Waals surface area (Å²) in [6, 6.07) is 11.9. The second-order valence-electron chi connectivity index (χ2n) is 3.79. The van der Waals surface area contributed by atoms with E-state index < -0.39 is 4.92 Å². The topological polar surface area (TPSA) is 91.8 Å². The Balaban J connectivity index is 2.10. The van der Waals surface area contributed by atoms with Crippen molar-refractivity contribution in [2.24, 2.45) is 0 Å². The standard InChI is InChI=1S/C13H10N4O2/c14-8-10-3-5-11(6-4-10)9-16-13-12(17(18)19)2-1-7-15-13/h1-7H,9H2,(H,15,16). The molecule has 94 valence electrons. The summed E-state index contributed by atoms with van der Waals surface area (Å²) in [5, 5.41) is 22.4. The van der Waals surface area contributed by atoms with Crippen molar-refractivity contribution in [2.45, 2.75) is 6.54 Å². The zero-order valence-electron chi connectivity index (χ0n) is 9.91. The highest BCUT2D eigenvalue weighted by atomic mass is 16.6. The molecule has 0 fully saturated rings. The molecule has 6 nitrogen and oxygen atoms in total. The Morgan fingerprint density at radius 2 is 2.05 bits per heavy atom. The zero-order valence-corrected chi connectivity index (χ0v) is 9.91. The van der Waals surface area contributed by atoms with Gasteiger partial charge in [0.2, 0.25) is 5.82 Å². The Morgan fingerprint density at radius 1 is 1.32 bits per heavy atom. The van der Waals surface area contributed by atoms with E-state index in [0.29, 0.717) is 12.1 Å². The van der Waals surface area contributed by atoms with E-state index in [0.717, 1.165) is 5.56 Å². The molecule has 1 N–H and O–H groups in total. The summed E-state index contributed by atoms with van der Waals surface area (Å²) in [5.74, 6) is 0.233. The van der Waals surface area contributed by atoms with Crippen LogP contribution in [0.3, 0.4) is 0 Å². The SMILES string of the molecule is N#Cc1ccc(CNc2ncccc2[N+](=O)[O-])cc1. The highest BCUT2D eigenvalue weighted by Gasteiger charge is 2.13. The third-order valence-electron chi connectivity index (χ3n) is 2.53. The molecule has 2 rings (SSSR count). The molecular weight excluding hydrogens is 244 g/mol. The molecule has 0 spiro atoms. The fourth-order valence-electron chi connectivity index (χ4n) is 1.56. The Hall–Kier alpha value is -2.94. The van der Waals surface area contributed by atoms with Gasteiger partial charge in [-0.15, -0.1) is 0 Å². The maximum absolute atomic E-state index is 10.8. The normalized spacial score (nSPS) is 9.63. The quantitative estimate of drug-likeness (QED) is 0.668. The molecule has 6 heteroatoms. The second-order valence-corrected chi connectivity index (χ2v) is 3.79. The Kier molecular flexibility index (Phi) is 3.69. The van der Waals surface area contributed by atoms with Crippen molar-refractivity contribution in [3.8, 4) is 6.07 Å². The van der Waals surface area contributed by atoms with E-state index in [4.69, 9.17) is 5.26 Å². The van der Waals surface area contributed by atoms with Crippen LogP contribution >= 0.6 is 0 Å². The molecular formula is C13H10N4O2. The van der Waals surface area contributed by atoms with Gasteiger partial charge in [0.25, 0.3) is 0 Å². The predicted molar refractivity (Wildman–Crippen MR) is 69.4 cm³/mol. The van der Waals surface area contributed by atoms with E-state index in [1.807, 2.05) is 6.07 Å². The highest BCUT2D eigenvalue weighted by Crippen LogP contribution is 2.20. The first-order valence-corrected chi connectivity index (χ1v) is 5.53. The van der Waals surface area contributed by atoms with Gasteiger partial charge in [0.1, 0.15) is 0 Å². The van der Waals surface area contributed by atoms with Crippen molar-refractivity contribution in [1.29, 1.82) is 5.26 Å². The van der Waals surface area contributed by atoms with E-state index in [1.54, 1.807) is 24.3 Å². The molecule has 0 saturated heterocycles. The summed E-state index contributed by atoms with van der Waals surface area (Å²) in [5.41, 5.74) is 1.43. The molecule has 19 heavy (non-hydrogen) atoms. The van der Waals surface area contributed by atoms with Gasteiger partial charge in [-0.2, -0.15) is 5.26 Å². The van der Waals surface area contributed by atoms with Gasteiger partial charge in [0, 0.05) is 18.8 Å². The number of aromatic nitrogens is 1. The third kappa shape index (κ3) is 3.04. The summed E-state index contributed by atoms with van der Waals surface area (Å²) in [6.45, 7) is 0.406. The van der Waals surface area contributed by atoms with Crippen LogP contribution in [0.4, 0.5) is 11.5 Å². The molecule has 0 atom stereocenters. The molecule has 0 aliphatic rings. The van der Waals surface area contributed by atoms with Gasteiger partial charge < -0.3 is 5.32 Å². The fraction of sp³-hybridized carbons (Fsp3) is 0.0769. The molecule has 1 heterocycles. The lowest BCUT2D eigenvalue weighted by atomic mass is 10.1. The number of pyridine rings is 1. The first-order chi connectivity index (χ1) is 9.20. The summed E-state index contributed by atoms with van der Waals surface area (Å²) in [7, 11) is 0. The molecule has 0 amide bonds. The van der Waals surface area contributed by atoms with Crippen LogP contribution < -0.4 is 5.32 Å². The van der Waals surface area contributed by atoms with Crippen molar-refractivity contribution >= 4 is 11.5 Å². The first kappa shape index (κ1) is 12.5. The van der Waals surface area contributed by atoms with Gasteiger partial charge in [-0.1, -0.05) is 12.1 Å². The lowest BCUT2D eigenvalue weighted by molar-refractivity contribution is -0.384. The van der Waals surface area contributed by atoms with Gasteiger partial charge in [0.05, 0.1) is 16.6 Å². The van der Waals surface area contributed by atoms with E-state index >= 15 is 0 Å². The average molecular weight is 254 g/mol. The number of hydrogen-bond acceptors (Lipinski definition) is 5. The van der Waals surface area contributed by atoms with Crippen molar-refractivity contribution < 1.29 is 4.92 Å².